The number of sulfone groups is 1. The number of nitriles is 1. The summed E-state index contributed by atoms with van der Waals surface area (Å²) in [6, 6.07) is 14.3. The molecule has 2 aliphatic rings. The molecular formula is C29H31N7O4S. The van der Waals surface area contributed by atoms with E-state index in [-0.39, 0.29) is 22.9 Å². The highest BCUT2D eigenvalue weighted by molar-refractivity contribution is 7.90. The van der Waals surface area contributed by atoms with Crippen LogP contribution in [0.3, 0.4) is 0 Å². The first-order valence-electron chi connectivity index (χ1n) is 13.7. The molecule has 2 aliphatic heterocycles. The zero-order chi connectivity index (χ0) is 28.6. The molecule has 2 N–H and O–H groups in total. The number of aromatic nitrogens is 4. The Balaban J connectivity index is 1.47. The number of fused-ring (bicyclic) bond motifs is 1. The molecule has 0 bridgehead atoms. The smallest absolute Gasteiger partial charge is 0.177 e. The molecular weight excluding hydrogens is 542 g/mol. The Bertz CT molecular complexity index is 1750. The molecule has 2 atom stereocenters. The number of ether oxygens (including phenoxy) is 2. The van der Waals surface area contributed by atoms with Crippen molar-refractivity contribution in [1.29, 1.82) is 5.26 Å². The monoisotopic (exact) mass is 573 g/mol. The molecule has 0 saturated carbocycles. The molecule has 4 aromatic rings. The first-order valence-corrected chi connectivity index (χ1v) is 15.6. The van der Waals surface area contributed by atoms with E-state index in [9.17, 15) is 13.7 Å². The van der Waals surface area contributed by atoms with Gasteiger partial charge >= 0.3 is 0 Å². The number of hydrogen-bond acceptors (Lipinski definition) is 10. The van der Waals surface area contributed by atoms with E-state index in [1.165, 1.54) is 6.26 Å². The van der Waals surface area contributed by atoms with Crippen LogP contribution in [0.5, 0.6) is 0 Å². The molecule has 6 rings (SSSR count). The van der Waals surface area contributed by atoms with Crippen LogP contribution in [0.1, 0.15) is 61.5 Å². The van der Waals surface area contributed by atoms with Crippen molar-refractivity contribution in [3.63, 3.8) is 0 Å². The van der Waals surface area contributed by atoms with Crippen LogP contribution >= 0.6 is 0 Å². The van der Waals surface area contributed by atoms with Gasteiger partial charge in [0.1, 0.15) is 41.0 Å². The Morgan fingerprint density at radius 1 is 0.951 bits per heavy atom. The molecule has 212 valence electrons. The summed E-state index contributed by atoms with van der Waals surface area (Å²) in [5, 5.41) is 15.8. The molecule has 12 heteroatoms. The molecule has 41 heavy (non-hydrogen) atoms. The summed E-state index contributed by atoms with van der Waals surface area (Å²) in [4.78, 5) is 14.2. The second-order valence-electron chi connectivity index (χ2n) is 10.4. The third-order valence-corrected chi connectivity index (χ3v) is 8.50. The number of pyridine rings is 2. The molecule has 11 nitrogen and oxygen atoms in total. The van der Waals surface area contributed by atoms with Crippen molar-refractivity contribution < 1.29 is 17.9 Å². The van der Waals surface area contributed by atoms with Gasteiger partial charge in [0, 0.05) is 25.5 Å². The summed E-state index contributed by atoms with van der Waals surface area (Å²) in [6.07, 6.45) is 5.57. The van der Waals surface area contributed by atoms with Gasteiger partial charge in [-0.15, -0.1) is 0 Å². The van der Waals surface area contributed by atoms with Gasteiger partial charge in [0.2, 0.25) is 0 Å². The van der Waals surface area contributed by atoms with Crippen LogP contribution in [0.15, 0.2) is 47.4 Å². The summed E-state index contributed by atoms with van der Waals surface area (Å²) in [7, 11) is -3.58. The first kappa shape index (κ1) is 27.1. The standard InChI is InChI=1S/C29H31N7O4S/c1-18-31-28-22(33-21-12-11-19(23-8-6-14-39-23)15-24(21)41(2,37)38)16-26(34-25-9-5-7-20(17-30)32-25)35-29(28)36(18)27-10-3-4-13-40-27/h5,7,9,11-12,15-16,23,27H,3-4,6,8,10,13-14H2,1-2H3,(H2,32,33,34,35). The van der Waals surface area contributed by atoms with Gasteiger partial charge in [-0.25, -0.2) is 23.4 Å². The van der Waals surface area contributed by atoms with Gasteiger partial charge in [-0.2, -0.15) is 5.26 Å². The maximum Gasteiger partial charge on any atom is 0.177 e. The predicted molar refractivity (Wildman–Crippen MR) is 154 cm³/mol. The van der Waals surface area contributed by atoms with Gasteiger partial charge in [-0.1, -0.05) is 12.1 Å². The molecule has 0 aliphatic carbocycles. The van der Waals surface area contributed by atoms with Gasteiger partial charge in [0.05, 0.1) is 22.4 Å². The summed E-state index contributed by atoms with van der Waals surface area (Å²) >= 11 is 0. The number of nitrogens with one attached hydrogen (secondary N) is 2. The average Bonchev–Trinajstić information content (AvgIpc) is 3.61. The topological polar surface area (TPSA) is 144 Å². The zero-order valence-corrected chi connectivity index (χ0v) is 23.7. The summed E-state index contributed by atoms with van der Waals surface area (Å²) in [5.74, 6) is 1.65. The van der Waals surface area contributed by atoms with Gasteiger partial charge in [-0.05, 0) is 68.9 Å². The van der Waals surface area contributed by atoms with Crippen molar-refractivity contribution in [3.05, 3.63) is 59.5 Å². The number of aryl methyl sites for hydroxylation is 1. The Labute approximate surface area is 238 Å². The third kappa shape index (κ3) is 5.61. The van der Waals surface area contributed by atoms with E-state index >= 15 is 0 Å². The van der Waals surface area contributed by atoms with Crippen LogP contribution < -0.4 is 10.6 Å². The van der Waals surface area contributed by atoms with E-state index in [2.05, 4.69) is 15.6 Å². The molecule has 1 aromatic carbocycles. The van der Waals surface area contributed by atoms with Gasteiger partial charge in [0.15, 0.2) is 15.5 Å². The second-order valence-corrected chi connectivity index (χ2v) is 12.4. The van der Waals surface area contributed by atoms with Crippen LogP contribution in [-0.4, -0.2) is 47.4 Å². The Hall–Kier alpha value is -4.05. The highest BCUT2D eigenvalue weighted by atomic mass is 32.2. The Morgan fingerprint density at radius 2 is 1.80 bits per heavy atom. The summed E-state index contributed by atoms with van der Waals surface area (Å²) in [6.45, 7) is 3.24. The van der Waals surface area contributed by atoms with Crippen molar-refractivity contribution in [2.45, 2.75) is 56.3 Å². The van der Waals surface area contributed by atoms with E-state index in [1.54, 1.807) is 36.4 Å². The number of anilines is 4. The highest BCUT2D eigenvalue weighted by Crippen LogP contribution is 2.37. The minimum absolute atomic E-state index is 0.112. The van der Waals surface area contributed by atoms with E-state index in [0.717, 1.165) is 43.5 Å². The minimum atomic E-state index is -3.58. The molecule has 0 amide bonds. The largest absolute Gasteiger partial charge is 0.374 e. The predicted octanol–water partition coefficient (Wildman–Crippen LogP) is 5.45. The van der Waals surface area contributed by atoms with Crippen LogP contribution in [0.2, 0.25) is 0 Å². The zero-order valence-electron chi connectivity index (χ0n) is 22.9. The number of hydrogen-bond donors (Lipinski definition) is 2. The third-order valence-electron chi connectivity index (χ3n) is 7.36. The van der Waals surface area contributed by atoms with Crippen molar-refractivity contribution in [3.8, 4) is 6.07 Å². The van der Waals surface area contributed by atoms with Crippen molar-refractivity contribution in [1.82, 2.24) is 19.5 Å². The van der Waals surface area contributed by atoms with Crippen molar-refractivity contribution >= 4 is 44.0 Å². The van der Waals surface area contributed by atoms with Crippen LogP contribution in [0.4, 0.5) is 23.0 Å². The molecule has 3 aromatic heterocycles. The summed E-state index contributed by atoms with van der Waals surface area (Å²) < 4.78 is 39.7. The van der Waals surface area contributed by atoms with E-state index in [4.69, 9.17) is 19.4 Å². The average molecular weight is 574 g/mol. The van der Waals surface area contributed by atoms with Crippen molar-refractivity contribution in [2.24, 2.45) is 0 Å². The maximum atomic E-state index is 12.9. The SMILES string of the molecule is Cc1nc2c(Nc3ccc(C4CCCO4)cc3S(C)(=O)=O)cc(Nc3cccc(C#N)n3)nc2n1C1CCCCO1. The lowest BCUT2D eigenvalue weighted by Crippen LogP contribution is -2.19. The normalized spacial score (nSPS) is 19.2. The molecule has 2 fully saturated rings. The van der Waals surface area contributed by atoms with Gasteiger partial charge in [-0.3, -0.25) is 4.57 Å². The Morgan fingerprint density at radius 3 is 2.54 bits per heavy atom. The summed E-state index contributed by atoms with van der Waals surface area (Å²) in [5.41, 5.74) is 3.29. The lowest BCUT2D eigenvalue weighted by atomic mass is 10.1. The fraction of sp³-hybridized carbons (Fsp3) is 0.379. The maximum absolute atomic E-state index is 12.9. The highest BCUT2D eigenvalue weighted by Gasteiger charge is 2.25. The lowest BCUT2D eigenvalue weighted by molar-refractivity contribution is -0.0308. The second kappa shape index (κ2) is 11.1. The van der Waals surface area contributed by atoms with E-state index in [1.807, 2.05) is 23.6 Å². The van der Waals surface area contributed by atoms with Gasteiger partial charge < -0.3 is 20.1 Å². The van der Waals surface area contributed by atoms with Crippen LogP contribution in [-0.2, 0) is 19.3 Å². The lowest BCUT2D eigenvalue weighted by Gasteiger charge is -2.25. The Kier molecular flexibility index (Phi) is 7.33. The number of rotatable bonds is 7. The first-order chi connectivity index (χ1) is 19.8. The van der Waals surface area contributed by atoms with Crippen LogP contribution in [0, 0.1) is 18.3 Å². The molecule has 2 unspecified atom stereocenters. The molecule has 0 radical (unpaired) electrons. The van der Waals surface area contributed by atoms with Crippen molar-refractivity contribution in [2.75, 3.05) is 30.1 Å². The number of nitrogens with zero attached hydrogens (tertiary/aromatic N) is 5. The number of benzene rings is 1. The fourth-order valence-corrected chi connectivity index (χ4v) is 6.30. The van der Waals surface area contributed by atoms with E-state index in [0.29, 0.717) is 47.4 Å². The quantitative estimate of drug-likeness (QED) is 0.293. The molecule has 5 heterocycles. The minimum Gasteiger partial charge on any atom is -0.374 e. The fourth-order valence-electron chi connectivity index (χ4n) is 5.44. The molecule has 2 saturated heterocycles. The number of imidazole rings is 1. The van der Waals surface area contributed by atoms with Crippen LogP contribution in [0.25, 0.3) is 11.2 Å². The van der Waals surface area contributed by atoms with Gasteiger partial charge in [0.25, 0.3) is 0 Å². The molecule has 0 spiro atoms. The van der Waals surface area contributed by atoms with E-state index < -0.39 is 9.84 Å².